The van der Waals surface area contributed by atoms with Crippen molar-refractivity contribution in [3.63, 3.8) is 0 Å². The highest BCUT2D eigenvalue weighted by molar-refractivity contribution is 7.99. The molecule has 1 fully saturated rings. The van der Waals surface area contributed by atoms with Crippen LogP contribution in [0.2, 0.25) is 0 Å². The first-order valence-electron chi connectivity index (χ1n) is 8.49. The van der Waals surface area contributed by atoms with Crippen LogP contribution in [0.4, 0.5) is 5.95 Å². The van der Waals surface area contributed by atoms with Gasteiger partial charge in [0.15, 0.2) is 0 Å². The van der Waals surface area contributed by atoms with Crippen LogP contribution in [0.1, 0.15) is 23.6 Å². The average molecular weight is 342 g/mol. The van der Waals surface area contributed by atoms with E-state index in [1.54, 1.807) is 0 Å². The molecule has 1 N–H and O–H groups in total. The zero-order chi connectivity index (χ0) is 16.2. The molecule has 0 bridgehead atoms. The minimum atomic E-state index is 0.418. The third kappa shape index (κ3) is 3.55. The van der Waals surface area contributed by atoms with Crippen molar-refractivity contribution >= 4 is 17.7 Å². The number of benzene rings is 1. The molecule has 0 spiro atoms. The van der Waals surface area contributed by atoms with Gasteiger partial charge in [0.25, 0.3) is 0 Å². The van der Waals surface area contributed by atoms with Gasteiger partial charge >= 0.3 is 0 Å². The lowest BCUT2D eigenvalue weighted by Gasteiger charge is -2.27. The van der Waals surface area contributed by atoms with Gasteiger partial charge in [-0.05, 0) is 23.8 Å². The van der Waals surface area contributed by atoms with Gasteiger partial charge in [-0.15, -0.1) is 11.8 Å². The lowest BCUT2D eigenvalue weighted by atomic mass is 10.0. The highest BCUT2D eigenvalue weighted by Gasteiger charge is 2.19. The van der Waals surface area contributed by atoms with Gasteiger partial charge in [0.05, 0.1) is 13.2 Å². The molecule has 2 aliphatic heterocycles. The highest BCUT2D eigenvalue weighted by Crippen LogP contribution is 2.35. The number of nitrogens with one attached hydrogen (secondary N) is 1. The van der Waals surface area contributed by atoms with Crippen molar-refractivity contribution < 1.29 is 4.74 Å². The summed E-state index contributed by atoms with van der Waals surface area (Å²) in [6.07, 6.45) is 5.04. The summed E-state index contributed by atoms with van der Waals surface area (Å²) in [6.45, 7) is 4.05. The van der Waals surface area contributed by atoms with Crippen LogP contribution < -0.4 is 10.2 Å². The first-order valence-corrected chi connectivity index (χ1v) is 9.47. The van der Waals surface area contributed by atoms with E-state index in [2.05, 4.69) is 44.5 Å². The summed E-state index contributed by atoms with van der Waals surface area (Å²) in [6, 6.07) is 9.11. The van der Waals surface area contributed by atoms with E-state index in [1.165, 1.54) is 16.2 Å². The lowest BCUT2D eigenvalue weighted by molar-refractivity contribution is 0.122. The molecule has 1 aromatic carbocycles. The Morgan fingerprint density at radius 3 is 2.79 bits per heavy atom. The summed E-state index contributed by atoms with van der Waals surface area (Å²) in [7, 11) is 0. The Balaban J connectivity index is 1.38. The molecule has 1 saturated heterocycles. The predicted octanol–water partition coefficient (Wildman–Crippen LogP) is 2.64. The molecule has 2 aromatic rings. The smallest absolute Gasteiger partial charge is 0.225 e. The molecule has 0 saturated carbocycles. The predicted molar refractivity (Wildman–Crippen MR) is 96.4 cm³/mol. The van der Waals surface area contributed by atoms with E-state index in [-0.39, 0.29) is 0 Å². The Labute approximate surface area is 146 Å². The second-order valence-corrected chi connectivity index (χ2v) is 7.24. The van der Waals surface area contributed by atoms with E-state index in [0.717, 1.165) is 50.8 Å². The molecule has 1 aromatic heterocycles. The SMILES string of the molecule is c1ccc2c(c1)SCC[C@@H]2NCc1cnc(N2CCOCC2)nc1. The monoisotopic (exact) mass is 342 g/mol. The summed E-state index contributed by atoms with van der Waals surface area (Å²) >= 11 is 1.95. The second-order valence-electron chi connectivity index (χ2n) is 6.10. The molecule has 3 heterocycles. The topological polar surface area (TPSA) is 50.3 Å². The third-order valence-corrected chi connectivity index (χ3v) is 5.62. The Morgan fingerprint density at radius 1 is 1.17 bits per heavy atom. The van der Waals surface area contributed by atoms with Gasteiger partial charge in [-0.3, -0.25) is 0 Å². The molecule has 0 amide bonds. The first-order chi connectivity index (χ1) is 11.9. The Bertz CT molecular complexity index is 673. The molecule has 2 aliphatic rings. The standard InChI is InChI=1S/C18H22N4OS/c1-2-4-17-15(3-1)16(5-10-24-17)19-11-14-12-20-18(21-13-14)22-6-8-23-9-7-22/h1-4,12-13,16,19H,5-11H2/t16-/m0/s1. The summed E-state index contributed by atoms with van der Waals surface area (Å²) in [5, 5.41) is 3.67. The number of fused-ring (bicyclic) bond motifs is 1. The van der Waals surface area contributed by atoms with E-state index in [4.69, 9.17) is 4.74 Å². The van der Waals surface area contributed by atoms with Crippen molar-refractivity contribution in [2.75, 3.05) is 37.0 Å². The molecule has 6 heteroatoms. The van der Waals surface area contributed by atoms with E-state index in [0.29, 0.717) is 6.04 Å². The molecule has 126 valence electrons. The van der Waals surface area contributed by atoms with Gasteiger partial charge in [-0.1, -0.05) is 18.2 Å². The van der Waals surface area contributed by atoms with E-state index >= 15 is 0 Å². The van der Waals surface area contributed by atoms with Gasteiger partial charge in [-0.2, -0.15) is 0 Å². The number of rotatable bonds is 4. The lowest BCUT2D eigenvalue weighted by Crippen LogP contribution is -2.37. The average Bonchev–Trinajstić information content (AvgIpc) is 2.67. The van der Waals surface area contributed by atoms with E-state index < -0.39 is 0 Å². The van der Waals surface area contributed by atoms with Crippen molar-refractivity contribution in [3.8, 4) is 0 Å². The van der Waals surface area contributed by atoms with E-state index in [1.807, 2.05) is 24.2 Å². The number of thioether (sulfide) groups is 1. The van der Waals surface area contributed by atoms with Gasteiger partial charge in [-0.25, -0.2) is 9.97 Å². The molecule has 0 radical (unpaired) electrons. The van der Waals surface area contributed by atoms with Crippen LogP contribution in [-0.4, -0.2) is 42.0 Å². The molecular formula is C18H22N4OS. The Hall–Kier alpha value is -1.63. The van der Waals surface area contributed by atoms with Crippen molar-refractivity contribution in [3.05, 3.63) is 47.8 Å². The number of ether oxygens (including phenoxy) is 1. The number of aromatic nitrogens is 2. The Morgan fingerprint density at radius 2 is 1.96 bits per heavy atom. The zero-order valence-corrected chi connectivity index (χ0v) is 14.5. The minimum absolute atomic E-state index is 0.418. The number of morpholine rings is 1. The van der Waals surface area contributed by atoms with Crippen LogP contribution in [0, 0.1) is 0 Å². The van der Waals surface area contributed by atoms with Crippen LogP contribution in [0.5, 0.6) is 0 Å². The fourth-order valence-corrected chi connectivity index (χ4v) is 4.29. The Kier molecular flexibility index (Phi) is 4.96. The highest BCUT2D eigenvalue weighted by atomic mass is 32.2. The van der Waals surface area contributed by atoms with Crippen LogP contribution in [0.25, 0.3) is 0 Å². The fourth-order valence-electron chi connectivity index (χ4n) is 3.16. The number of anilines is 1. The maximum absolute atomic E-state index is 5.37. The van der Waals surface area contributed by atoms with Gasteiger partial charge in [0.2, 0.25) is 5.95 Å². The zero-order valence-electron chi connectivity index (χ0n) is 13.6. The van der Waals surface area contributed by atoms with Gasteiger partial charge in [0, 0.05) is 48.5 Å². The first kappa shape index (κ1) is 15.9. The summed E-state index contributed by atoms with van der Waals surface area (Å²) in [5.74, 6) is 1.97. The summed E-state index contributed by atoms with van der Waals surface area (Å²) in [4.78, 5) is 12.6. The molecular weight excluding hydrogens is 320 g/mol. The third-order valence-electron chi connectivity index (χ3n) is 4.50. The van der Waals surface area contributed by atoms with Crippen molar-refractivity contribution in [2.24, 2.45) is 0 Å². The molecule has 24 heavy (non-hydrogen) atoms. The number of nitrogens with zero attached hydrogens (tertiary/aromatic N) is 3. The van der Waals surface area contributed by atoms with Crippen molar-refractivity contribution in [1.82, 2.24) is 15.3 Å². The fraction of sp³-hybridized carbons (Fsp3) is 0.444. The molecule has 5 nitrogen and oxygen atoms in total. The van der Waals surface area contributed by atoms with Crippen LogP contribution >= 0.6 is 11.8 Å². The van der Waals surface area contributed by atoms with Crippen molar-refractivity contribution in [1.29, 1.82) is 0 Å². The maximum Gasteiger partial charge on any atom is 0.225 e. The summed E-state index contributed by atoms with van der Waals surface area (Å²) in [5.41, 5.74) is 2.54. The summed E-state index contributed by atoms with van der Waals surface area (Å²) < 4.78 is 5.37. The minimum Gasteiger partial charge on any atom is -0.378 e. The largest absolute Gasteiger partial charge is 0.378 e. The number of hydrogen-bond acceptors (Lipinski definition) is 6. The van der Waals surface area contributed by atoms with Crippen LogP contribution in [-0.2, 0) is 11.3 Å². The molecule has 1 atom stereocenters. The molecule has 0 unspecified atom stereocenters. The van der Waals surface area contributed by atoms with E-state index in [9.17, 15) is 0 Å². The van der Waals surface area contributed by atoms with Crippen LogP contribution in [0.3, 0.4) is 0 Å². The van der Waals surface area contributed by atoms with Gasteiger partial charge in [0.1, 0.15) is 0 Å². The quantitative estimate of drug-likeness (QED) is 0.922. The molecule has 0 aliphatic carbocycles. The van der Waals surface area contributed by atoms with Crippen LogP contribution in [0.15, 0.2) is 41.6 Å². The normalized spacial score (nSPS) is 20.7. The second kappa shape index (κ2) is 7.51. The molecule has 4 rings (SSSR count). The number of hydrogen-bond donors (Lipinski definition) is 1. The van der Waals surface area contributed by atoms with Gasteiger partial charge < -0.3 is 15.0 Å². The maximum atomic E-state index is 5.37. The van der Waals surface area contributed by atoms with Crippen molar-refractivity contribution in [2.45, 2.75) is 23.9 Å².